The predicted molar refractivity (Wildman–Crippen MR) is 124 cm³/mol. The van der Waals surface area contributed by atoms with E-state index in [1.165, 1.54) is 50.2 Å². The van der Waals surface area contributed by atoms with Crippen LogP contribution in [-0.2, 0) is 32.5 Å². The van der Waals surface area contributed by atoms with Crippen molar-refractivity contribution in [2.75, 3.05) is 0 Å². The molecule has 0 spiro atoms. The summed E-state index contributed by atoms with van der Waals surface area (Å²) in [5.41, 5.74) is 10.8. The molecule has 0 unspecified atom stereocenters. The zero-order valence-corrected chi connectivity index (χ0v) is 17.7. The van der Waals surface area contributed by atoms with E-state index >= 15 is 0 Å². The monoisotopic (exact) mass is 406 g/mol. The first-order chi connectivity index (χ1) is 14.7. The van der Waals surface area contributed by atoms with Crippen LogP contribution in [0.5, 0.6) is 0 Å². The molecule has 0 amide bonds. The van der Waals surface area contributed by atoms with Crippen LogP contribution in [0.15, 0.2) is 91.0 Å². The summed E-state index contributed by atoms with van der Waals surface area (Å²) >= 11 is 3.70. The Morgan fingerprint density at radius 1 is 0.767 bits per heavy atom. The Balaban J connectivity index is 0.000000687. The molecule has 0 N–H and O–H groups in total. The molecular formula is C27H22N2S. The molecule has 0 bridgehead atoms. The van der Waals surface area contributed by atoms with Gasteiger partial charge in [0.2, 0.25) is 11.4 Å². The van der Waals surface area contributed by atoms with Crippen molar-refractivity contribution in [3.63, 3.8) is 0 Å². The van der Waals surface area contributed by atoms with Crippen molar-refractivity contribution < 1.29 is 4.57 Å². The summed E-state index contributed by atoms with van der Waals surface area (Å²) in [7, 11) is 2.21. The van der Waals surface area contributed by atoms with Gasteiger partial charge in [-0.25, -0.2) is 5.26 Å². The molecule has 1 aromatic heterocycles. The second-order valence-corrected chi connectivity index (χ2v) is 7.49. The highest BCUT2D eigenvalue weighted by molar-refractivity contribution is 7.64. The molecule has 146 valence electrons. The number of nitriles is 1. The molecule has 3 heteroatoms. The number of rotatable bonds is 2. The molecule has 5 rings (SSSR count). The van der Waals surface area contributed by atoms with Crippen molar-refractivity contribution in [1.82, 2.24) is 0 Å². The van der Waals surface area contributed by atoms with E-state index in [2.05, 4.69) is 115 Å². The lowest BCUT2D eigenvalue weighted by Crippen LogP contribution is -2.37. The molecule has 4 aromatic rings. The minimum atomic E-state index is 1.08. The number of fused-ring (bicyclic) bond motifs is 3. The Morgan fingerprint density at radius 3 is 2.00 bits per heavy atom. The van der Waals surface area contributed by atoms with E-state index < -0.39 is 0 Å². The number of aryl methyl sites for hydroxylation is 1. The van der Waals surface area contributed by atoms with Gasteiger partial charge >= 0.3 is 0 Å². The summed E-state index contributed by atoms with van der Waals surface area (Å²) < 4.78 is 2.38. The average molecular weight is 407 g/mol. The maximum absolute atomic E-state index is 7.13. The largest absolute Gasteiger partial charge is 0.696 e. The molecule has 3 aromatic carbocycles. The maximum atomic E-state index is 7.13. The van der Waals surface area contributed by atoms with Gasteiger partial charge in [0.15, 0.2) is 0 Å². The van der Waals surface area contributed by atoms with Crippen LogP contribution in [0.4, 0.5) is 0 Å². The molecule has 1 aliphatic rings. The van der Waals surface area contributed by atoms with Gasteiger partial charge in [-0.2, -0.15) is 4.57 Å². The third-order valence-corrected chi connectivity index (χ3v) is 5.66. The van der Waals surface area contributed by atoms with Gasteiger partial charge in [0.05, 0.1) is 0 Å². The van der Waals surface area contributed by atoms with Crippen LogP contribution in [0.1, 0.15) is 11.1 Å². The normalized spacial score (nSPS) is 11.3. The molecule has 30 heavy (non-hydrogen) atoms. The van der Waals surface area contributed by atoms with Crippen molar-refractivity contribution in [2.24, 2.45) is 7.05 Å². The summed E-state index contributed by atoms with van der Waals surface area (Å²) in [5, 5.41) is 8.47. The highest BCUT2D eigenvalue weighted by Gasteiger charge is 2.29. The van der Waals surface area contributed by atoms with E-state index in [0.717, 1.165) is 12.8 Å². The van der Waals surface area contributed by atoms with Crippen molar-refractivity contribution in [2.45, 2.75) is 12.8 Å². The number of thiocyanates is 1. The SMILES string of the molecule is C[n+]1c(-c2ccccc2)cc(-c2ccccc2)c2c1-c1ccccc1CC2.N#C[S-]. The highest BCUT2D eigenvalue weighted by atomic mass is 32.1. The molecule has 1 aliphatic carbocycles. The summed E-state index contributed by atoms with van der Waals surface area (Å²) in [4.78, 5) is 0. The molecule has 2 nitrogen and oxygen atoms in total. The smallest absolute Gasteiger partial charge is 0.216 e. The minimum absolute atomic E-state index is 1.08. The quantitative estimate of drug-likeness (QED) is 0.245. The lowest BCUT2D eigenvalue weighted by molar-refractivity contribution is -0.649. The van der Waals surface area contributed by atoms with E-state index in [4.69, 9.17) is 5.26 Å². The molecule has 0 saturated carbocycles. The van der Waals surface area contributed by atoms with Gasteiger partial charge in [-0.1, -0.05) is 72.1 Å². The fraction of sp³-hybridized carbons (Fsp3) is 0.111. The van der Waals surface area contributed by atoms with Crippen LogP contribution < -0.4 is 4.57 Å². The zero-order chi connectivity index (χ0) is 20.9. The Hall–Kier alpha value is -3.48. The number of aromatic nitrogens is 1. The third-order valence-electron chi connectivity index (χ3n) is 5.66. The number of benzene rings is 3. The number of nitrogens with zero attached hydrogens (tertiary/aromatic N) is 2. The highest BCUT2D eigenvalue weighted by Crippen LogP contribution is 2.38. The Morgan fingerprint density at radius 2 is 1.33 bits per heavy atom. The van der Waals surface area contributed by atoms with Crippen molar-refractivity contribution in [3.05, 3.63) is 102 Å². The summed E-state index contributed by atoms with van der Waals surface area (Å²) in [5.74, 6) is 0. The van der Waals surface area contributed by atoms with Crippen LogP contribution in [0, 0.1) is 10.7 Å². The van der Waals surface area contributed by atoms with Crippen LogP contribution in [0.25, 0.3) is 33.6 Å². The Labute approximate surface area is 183 Å². The van der Waals surface area contributed by atoms with E-state index in [1.807, 2.05) is 0 Å². The fourth-order valence-corrected chi connectivity index (χ4v) is 4.36. The molecule has 0 aliphatic heterocycles. The summed E-state index contributed by atoms with van der Waals surface area (Å²) in [6.07, 6.45) is 2.19. The molecular weight excluding hydrogens is 384 g/mol. The Kier molecular flexibility index (Phi) is 5.88. The number of hydrogen-bond donors (Lipinski definition) is 0. The van der Waals surface area contributed by atoms with Gasteiger partial charge in [-0.05, 0) is 47.7 Å². The minimum Gasteiger partial charge on any atom is -0.696 e. The van der Waals surface area contributed by atoms with Gasteiger partial charge in [0, 0.05) is 22.8 Å². The summed E-state index contributed by atoms with van der Waals surface area (Å²) in [6, 6.07) is 32.8. The topological polar surface area (TPSA) is 27.7 Å². The third kappa shape index (κ3) is 3.70. The van der Waals surface area contributed by atoms with Gasteiger partial charge in [0.1, 0.15) is 7.05 Å². The lowest BCUT2D eigenvalue weighted by atomic mass is 9.84. The van der Waals surface area contributed by atoms with Crippen LogP contribution in [0.2, 0.25) is 0 Å². The van der Waals surface area contributed by atoms with Crippen molar-refractivity contribution in [1.29, 1.82) is 5.26 Å². The van der Waals surface area contributed by atoms with Gasteiger partial charge in [0.25, 0.3) is 0 Å². The van der Waals surface area contributed by atoms with Gasteiger partial charge in [-0.3, -0.25) is 0 Å². The predicted octanol–water partition coefficient (Wildman–Crippen LogP) is 5.63. The molecule has 0 atom stereocenters. The maximum Gasteiger partial charge on any atom is 0.216 e. The lowest BCUT2D eigenvalue weighted by Gasteiger charge is -2.21. The van der Waals surface area contributed by atoms with Crippen molar-refractivity contribution in [3.8, 4) is 39.0 Å². The molecule has 0 saturated heterocycles. The molecule has 0 radical (unpaired) electrons. The fourth-order valence-electron chi connectivity index (χ4n) is 4.36. The first-order valence-corrected chi connectivity index (χ1v) is 10.4. The number of hydrogen-bond acceptors (Lipinski definition) is 2. The second-order valence-electron chi connectivity index (χ2n) is 7.31. The van der Waals surface area contributed by atoms with E-state index in [1.54, 1.807) is 0 Å². The van der Waals surface area contributed by atoms with Crippen molar-refractivity contribution >= 4 is 12.6 Å². The van der Waals surface area contributed by atoms with E-state index in [9.17, 15) is 0 Å². The van der Waals surface area contributed by atoms with E-state index in [-0.39, 0.29) is 0 Å². The zero-order valence-electron chi connectivity index (χ0n) is 16.9. The average Bonchev–Trinajstić information content (AvgIpc) is 2.81. The standard InChI is InChI=1S/C26H22N.CHNS/c1-27-25(21-13-6-3-7-14-21)18-24(19-10-4-2-5-11-19)23-17-16-20-12-8-9-15-22(20)26(23)27;2-1-3/h2-15,18H,16-17H2,1H3;3H/q+1;/p-1. The number of pyridine rings is 1. The van der Waals surface area contributed by atoms with Gasteiger partial charge < -0.3 is 12.6 Å². The van der Waals surface area contributed by atoms with Crippen LogP contribution >= 0.6 is 0 Å². The molecule has 0 fully saturated rings. The van der Waals surface area contributed by atoms with Crippen LogP contribution in [-0.4, -0.2) is 0 Å². The summed E-state index contributed by atoms with van der Waals surface area (Å²) in [6.45, 7) is 0. The second kappa shape index (κ2) is 8.90. The molecule has 1 heterocycles. The van der Waals surface area contributed by atoms with Crippen LogP contribution in [0.3, 0.4) is 0 Å². The first-order valence-electron chi connectivity index (χ1n) is 10.0. The van der Waals surface area contributed by atoms with Gasteiger partial charge in [-0.15, -0.1) is 0 Å². The first kappa shape index (κ1) is 19.8. The Bertz CT molecular complexity index is 1210. The van der Waals surface area contributed by atoms with E-state index in [0.29, 0.717) is 0 Å².